The number of pyridine rings is 1. The van der Waals surface area contributed by atoms with Crippen LogP contribution in [-0.4, -0.2) is 35.0 Å². The summed E-state index contributed by atoms with van der Waals surface area (Å²) in [6, 6.07) is 8.89. The molecular formula is C19H16ClF3N2O2. The zero-order chi connectivity index (χ0) is 19.4. The highest BCUT2D eigenvalue weighted by Gasteiger charge is 2.32. The number of likely N-dealkylation sites (tertiary alicyclic amines) is 1. The van der Waals surface area contributed by atoms with Crippen molar-refractivity contribution in [3.63, 3.8) is 0 Å². The fraction of sp³-hybridized carbons (Fsp3) is 0.263. The van der Waals surface area contributed by atoms with Crippen molar-refractivity contribution in [1.82, 2.24) is 9.88 Å². The molecule has 0 saturated carbocycles. The van der Waals surface area contributed by atoms with Crippen molar-refractivity contribution in [2.75, 3.05) is 13.1 Å². The third-order valence-electron chi connectivity index (χ3n) is 4.12. The number of amides is 1. The lowest BCUT2D eigenvalue weighted by Crippen LogP contribution is -2.29. The lowest BCUT2D eigenvalue weighted by molar-refractivity contribution is -0.137. The first-order valence-corrected chi connectivity index (χ1v) is 8.62. The van der Waals surface area contributed by atoms with Crippen molar-refractivity contribution in [2.45, 2.75) is 18.7 Å². The summed E-state index contributed by atoms with van der Waals surface area (Å²) in [4.78, 5) is 17.7. The van der Waals surface area contributed by atoms with Gasteiger partial charge in [-0.15, -0.1) is 0 Å². The molecule has 0 N–H and O–H groups in total. The number of halogens is 4. The van der Waals surface area contributed by atoms with Gasteiger partial charge in [0.2, 0.25) is 11.8 Å². The fourth-order valence-corrected chi connectivity index (χ4v) is 2.92. The molecule has 0 bridgehead atoms. The van der Waals surface area contributed by atoms with Gasteiger partial charge in [0.25, 0.3) is 0 Å². The molecule has 1 aliphatic heterocycles. The predicted molar refractivity (Wildman–Crippen MR) is 95.3 cm³/mol. The van der Waals surface area contributed by atoms with E-state index in [1.807, 2.05) is 6.07 Å². The van der Waals surface area contributed by atoms with E-state index >= 15 is 0 Å². The third kappa shape index (κ3) is 5.01. The molecule has 1 aromatic carbocycles. The van der Waals surface area contributed by atoms with Gasteiger partial charge in [-0.1, -0.05) is 29.8 Å². The van der Waals surface area contributed by atoms with Crippen molar-refractivity contribution in [2.24, 2.45) is 0 Å². The summed E-state index contributed by atoms with van der Waals surface area (Å²) in [5.74, 6) is -0.311. The molecule has 1 fully saturated rings. The van der Waals surface area contributed by atoms with E-state index < -0.39 is 17.8 Å². The highest BCUT2D eigenvalue weighted by atomic mass is 35.5. The molecule has 1 amide bonds. The molecule has 27 heavy (non-hydrogen) atoms. The molecule has 142 valence electrons. The van der Waals surface area contributed by atoms with Gasteiger partial charge in [-0.05, 0) is 23.8 Å². The summed E-state index contributed by atoms with van der Waals surface area (Å²) in [6.45, 7) is 0.735. The second-order valence-corrected chi connectivity index (χ2v) is 6.46. The van der Waals surface area contributed by atoms with E-state index in [1.165, 1.54) is 6.08 Å². The summed E-state index contributed by atoms with van der Waals surface area (Å²) in [5.41, 5.74) is -0.0891. The number of aromatic nitrogens is 1. The number of alkyl halides is 3. The summed E-state index contributed by atoms with van der Waals surface area (Å²) in [6.07, 6.45) is -0.230. The second-order valence-electron chi connectivity index (χ2n) is 6.05. The van der Waals surface area contributed by atoms with Crippen LogP contribution in [0.2, 0.25) is 5.02 Å². The van der Waals surface area contributed by atoms with Gasteiger partial charge in [0.15, 0.2) is 0 Å². The molecule has 2 heterocycles. The first-order chi connectivity index (χ1) is 12.8. The molecule has 1 aromatic heterocycles. The minimum absolute atomic E-state index is 0.101. The van der Waals surface area contributed by atoms with Crippen LogP contribution < -0.4 is 4.74 Å². The van der Waals surface area contributed by atoms with Crippen LogP contribution in [0.3, 0.4) is 0 Å². The minimum Gasteiger partial charge on any atom is -0.472 e. The van der Waals surface area contributed by atoms with E-state index in [1.54, 1.807) is 29.2 Å². The number of carbonyl (C=O) groups excluding carboxylic acids is 1. The lowest BCUT2D eigenvalue weighted by Gasteiger charge is -2.16. The summed E-state index contributed by atoms with van der Waals surface area (Å²) < 4.78 is 43.8. The largest absolute Gasteiger partial charge is 0.472 e. The van der Waals surface area contributed by atoms with E-state index in [4.69, 9.17) is 16.3 Å². The Balaban J connectivity index is 1.59. The topological polar surface area (TPSA) is 42.4 Å². The molecule has 4 nitrogen and oxygen atoms in total. The highest BCUT2D eigenvalue weighted by molar-refractivity contribution is 6.32. The van der Waals surface area contributed by atoms with Crippen molar-refractivity contribution < 1.29 is 22.7 Å². The molecule has 8 heteroatoms. The minimum atomic E-state index is -4.46. The Kier molecular flexibility index (Phi) is 5.70. The third-order valence-corrected chi connectivity index (χ3v) is 4.46. The maximum atomic E-state index is 12.7. The van der Waals surface area contributed by atoms with Gasteiger partial charge in [-0.3, -0.25) is 4.79 Å². The van der Waals surface area contributed by atoms with Crippen LogP contribution in [0.15, 0.2) is 48.7 Å². The maximum absolute atomic E-state index is 12.7. The Hall–Kier alpha value is -2.54. The number of hydrogen-bond donors (Lipinski definition) is 0. The van der Waals surface area contributed by atoms with Gasteiger partial charge in [0, 0.05) is 36.3 Å². The standard InChI is InChI=1S/C19H16ClF3N2O2/c20-16-4-2-1-3-13(16)5-6-18(26)25-10-8-15(12-25)27-17-11-14(7-9-24-17)19(21,22)23/h1-7,9,11,15H,8,10,12H2. The van der Waals surface area contributed by atoms with Gasteiger partial charge in [-0.25, -0.2) is 4.98 Å². The summed E-state index contributed by atoms with van der Waals surface area (Å²) in [7, 11) is 0. The summed E-state index contributed by atoms with van der Waals surface area (Å²) in [5, 5.41) is 0.541. The van der Waals surface area contributed by atoms with Crippen LogP contribution in [0.1, 0.15) is 17.5 Å². The van der Waals surface area contributed by atoms with Crippen LogP contribution in [0.4, 0.5) is 13.2 Å². The number of ether oxygens (including phenoxy) is 1. The Bertz CT molecular complexity index is 855. The van der Waals surface area contributed by atoms with Crippen LogP contribution in [0.5, 0.6) is 5.88 Å². The monoisotopic (exact) mass is 396 g/mol. The van der Waals surface area contributed by atoms with E-state index in [0.717, 1.165) is 23.9 Å². The quantitative estimate of drug-likeness (QED) is 0.717. The lowest BCUT2D eigenvalue weighted by atomic mass is 10.2. The number of hydrogen-bond acceptors (Lipinski definition) is 3. The van der Waals surface area contributed by atoms with Crippen LogP contribution in [-0.2, 0) is 11.0 Å². The van der Waals surface area contributed by atoms with Gasteiger partial charge in [0.05, 0.1) is 12.1 Å². The molecule has 0 radical (unpaired) electrons. The Morgan fingerprint density at radius 2 is 2.07 bits per heavy atom. The van der Waals surface area contributed by atoms with Gasteiger partial charge in [0.1, 0.15) is 6.10 Å². The smallest absolute Gasteiger partial charge is 0.416 e. The van der Waals surface area contributed by atoms with Gasteiger partial charge < -0.3 is 9.64 Å². The molecule has 0 aliphatic carbocycles. The molecule has 1 atom stereocenters. The van der Waals surface area contributed by atoms with Crippen molar-refractivity contribution in [3.05, 3.63) is 64.8 Å². The van der Waals surface area contributed by atoms with Crippen LogP contribution in [0, 0.1) is 0 Å². The predicted octanol–water partition coefficient (Wildman–Crippen LogP) is 4.45. The van der Waals surface area contributed by atoms with Crippen molar-refractivity contribution >= 4 is 23.6 Å². The Morgan fingerprint density at radius 1 is 1.30 bits per heavy atom. The Labute approximate surface area is 159 Å². The number of nitrogens with zero attached hydrogens (tertiary/aromatic N) is 2. The highest BCUT2D eigenvalue weighted by Crippen LogP contribution is 2.31. The number of carbonyl (C=O) groups is 1. The molecule has 1 saturated heterocycles. The fourth-order valence-electron chi connectivity index (χ4n) is 2.72. The first-order valence-electron chi connectivity index (χ1n) is 8.24. The SMILES string of the molecule is O=C(C=Cc1ccccc1Cl)N1CCC(Oc2cc(C(F)(F)F)ccn2)C1. The van der Waals surface area contributed by atoms with E-state index in [2.05, 4.69) is 4.98 Å². The average molecular weight is 397 g/mol. The second kappa shape index (κ2) is 8.00. The Morgan fingerprint density at radius 3 is 2.81 bits per heavy atom. The molecule has 0 spiro atoms. The van der Waals surface area contributed by atoms with Crippen LogP contribution in [0.25, 0.3) is 6.08 Å². The summed E-state index contributed by atoms with van der Waals surface area (Å²) >= 11 is 6.04. The van der Waals surface area contributed by atoms with Crippen molar-refractivity contribution in [3.8, 4) is 5.88 Å². The number of benzene rings is 1. The van der Waals surface area contributed by atoms with E-state index in [-0.39, 0.29) is 18.3 Å². The van der Waals surface area contributed by atoms with E-state index in [9.17, 15) is 18.0 Å². The molecule has 3 rings (SSSR count). The van der Waals surface area contributed by atoms with Crippen LogP contribution >= 0.6 is 11.6 Å². The molecule has 1 unspecified atom stereocenters. The zero-order valence-electron chi connectivity index (χ0n) is 14.1. The van der Waals surface area contributed by atoms with Gasteiger partial charge in [-0.2, -0.15) is 13.2 Å². The normalized spacial score (nSPS) is 17.5. The van der Waals surface area contributed by atoms with Gasteiger partial charge >= 0.3 is 6.18 Å². The number of rotatable bonds is 4. The maximum Gasteiger partial charge on any atom is 0.416 e. The first kappa shape index (κ1) is 19.2. The average Bonchev–Trinajstić information content (AvgIpc) is 3.09. The molecule has 2 aromatic rings. The molecule has 1 aliphatic rings. The van der Waals surface area contributed by atoms with Crippen molar-refractivity contribution in [1.29, 1.82) is 0 Å². The zero-order valence-corrected chi connectivity index (χ0v) is 14.9. The van der Waals surface area contributed by atoms with E-state index in [0.29, 0.717) is 18.0 Å². The molecular weight excluding hydrogens is 381 g/mol.